The third-order valence-electron chi connectivity index (χ3n) is 2.57. The summed E-state index contributed by atoms with van der Waals surface area (Å²) in [6.45, 7) is 1.46. The first kappa shape index (κ1) is 9.80. The van der Waals surface area contributed by atoms with E-state index in [0.717, 1.165) is 28.7 Å². The van der Waals surface area contributed by atoms with Crippen LogP contribution in [0.5, 0.6) is 0 Å². The molecule has 6 heteroatoms. The number of nitrogen functional groups attached to an aromatic ring is 1. The molecule has 1 atom stereocenters. The number of rotatable bonds is 2. The summed E-state index contributed by atoms with van der Waals surface area (Å²) >= 11 is 1.45. The van der Waals surface area contributed by atoms with Gasteiger partial charge < -0.3 is 15.0 Å². The third kappa shape index (κ3) is 1.70. The number of anilines is 1. The van der Waals surface area contributed by atoms with E-state index in [9.17, 15) is 0 Å². The minimum Gasteiger partial charge on any atom is -0.391 e. The predicted molar refractivity (Wildman–Crippen MR) is 60.2 cm³/mol. The number of hydrogen-bond acceptors (Lipinski definition) is 6. The zero-order valence-corrected chi connectivity index (χ0v) is 9.37. The van der Waals surface area contributed by atoms with Crippen LogP contribution in [-0.2, 0) is 4.74 Å². The predicted octanol–water partition coefficient (Wildman–Crippen LogP) is 1.88. The molecule has 0 radical (unpaired) electrons. The van der Waals surface area contributed by atoms with E-state index in [4.69, 9.17) is 15.0 Å². The van der Waals surface area contributed by atoms with E-state index in [1.165, 1.54) is 11.3 Å². The monoisotopic (exact) mass is 237 g/mol. The molecule has 0 saturated carbocycles. The van der Waals surface area contributed by atoms with Gasteiger partial charge in [-0.05, 0) is 18.6 Å². The highest BCUT2D eigenvalue weighted by atomic mass is 32.1. The SMILES string of the molecule is Nc1ccc(-c2nc(C3CCOC3)no2)s1. The number of nitrogens with zero attached hydrogens (tertiary/aromatic N) is 2. The van der Waals surface area contributed by atoms with Gasteiger partial charge in [-0.15, -0.1) is 11.3 Å². The van der Waals surface area contributed by atoms with Crippen LogP contribution in [-0.4, -0.2) is 23.4 Å². The van der Waals surface area contributed by atoms with Gasteiger partial charge in [-0.1, -0.05) is 5.16 Å². The van der Waals surface area contributed by atoms with Crippen LogP contribution in [0.15, 0.2) is 16.7 Å². The normalized spacial score (nSPS) is 20.4. The number of aromatic nitrogens is 2. The van der Waals surface area contributed by atoms with Gasteiger partial charge >= 0.3 is 0 Å². The van der Waals surface area contributed by atoms with Gasteiger partial charge in [-0.25, -0.2) is 0 Å². The summed E-state index contributed by atoms with van der Waals surface area (Å²) in [6.07, 6.45) is 0.964. The van der Waals surface area contributed by atoms with Gasteiger partial charge in [0.15, 0.2) is 5.82 Å². The summed E-state index contributed by atoms with van der Waals surface area (Å²) in [5, 5.41) is 4.73. The van der Waals surface area contributed by atoms with Gasteiger partial charge in [0.2, 0.25) is 0 Å². The maximum atomic E-state index is 5.65. The largest absolute Gasteiger partial charge is 0.391 e. The van der Waals surface area contributed by atoms with Crippen molar-refractivity contribution in [3.63, 3.8) is 0 Å². The Kier molecular flexibility index (Phi) is 2.37. The van der Waals surface area contributed by atoms with Gasteiger partial charge in [0.1, 0.15) is 0 Å². The van der Waals surface area contributed by atoms with E-state index in [-0.39, 0.29) is 5.92 Å². The Morgan fingerprint density at radius 1 is 1.44 bits per heavy atom. The summed E-state index contributed by atoms with van der Waals surface area (Å²) in [7, 11) is 0. The van der Waals surface area contributed by atoms with Crippen molar-refractivity contribution in [3.05, 3.63) is 18.0 Å². The van der Waals surface area contributed by atoms with Gasteiger partial charge in [-0.3, -0.25) is 0 Å². The first-order valence-corrected chi connectivity index (χ1v) is 5.91. The Hall–Kier alpha value is -1.40. The van der Waals surface area contributed by atoms with Gasteiger partial charge in [0.05, 0.1) is 16.5 Å². The fourth-order valence-electron chi connectivity index (χ4n) is 1.71. The molecule has 1 unspecified atom stereocenters. The summed E-state index contributed by atoms with van der Waals surface area (Å²) < 4.78 is 10.5. The molecule has 0 spiro atoms. The molecular formula is C10H11N3O2S. The van der Waals surface area contributed by atoms with Crippen LogP contribution in [0.3, 0.4) is 0 Å². The third-order valence-corrected chi connectivity index (χ3v) is 3.48. The second kappa shape index (κ2) is 3.88. The summed E-state index contributed by atoms with van der Waals surface area (Å²) in [5.41, 5.74) is 5.65. The molecule has 1 aliphatic rings. The lowest BCUT2D eigenvalue weighted by atomic mass is 10.1. The maximum Gasteiger partial charge on any atom is 0.268 e. The number of thiophene rings is 1. The summed E-state index contributed by atoms with van der Waals surface area (Å²) in [5.74, 6) is 1.55. The van der Waals surface area contributed by atoms with Crippen LogP contribution in [0.1, 0.15) is 18.2 Å². The number of ether oxygens (including phenoxy) is 1. The van der Waals surface area contributed by atoms with Crippen LogP contribution < -0.4 is 5.73 Å². The fraction of sp³-hybridized carbons (Fsp3) is 0.400. The standard InChI is InChI=1S/C10H11N3O2S/c11-8-2-1-7(16-8)10-12-9(13-15-10)6-3-4-14-5-6/h1-2,6H,3-5,11H2. The van der Waals surface area contributed by atoms with Crippen molar-refractivity contribution in [2.75, 3.05) is 18.9 Å². The molecule has 0 aliphatic carbocycles. The van der Waals surface area contributed by atoms with E-state index in [0.29, 0.717) is 12.5 Å². The summed E-state index contributed by atoms with van der Waals surface area (Å²) in [4.78, 5) is 5.29. The Labute approximate surface area is 96.2 Å². The first-order valence-electron chi connectivity index (χ1n) is 5.10. The first-order chi connectivity index (χ1) is 7.83. The van der Waals surface area contributed by atoms with Crippen molar-refractivity contribution in [2.45, 2.75) is 12.3 Å². The Bertz CT molecular complexity index is 488. The van der Waals surface area contributed by atoms with E-state index in [1.54, 1.807) is 0 Å². The molecular weight excluding hydrogens is 226 g/mol. The molecule has 2 aromatic rings. The van der Waals surface area contributed by atoms with Gasteiger partial charge in [0, 0.05) is 12.5 Å². The van der Waals surface area contributed by atoms with E-state index in [1.807, 2.05) is 12.1 Å². The minimum absolute atomic E-state index is 0.273. The fourth-order valence-corrected chi connectivity index (χ4v) is 2.40. The Balaban J connectivity index is 1.87. The van der Waals surface area contributed by atoms with Crippen molar-refractivity contribution in [1.29, 1.82) is 0 Å². The van der Waals surface area contributed by atoms with Crippen molar-refractivity contribution >= 4 is 16.3 Å². The average molecular weight is 237 g/mol. The highest BCUT2D eigenvalue weighted by Crippen LogP contribution is 2.30. The second-order valence-electron chi connectivity index (χ2n) is 3.72. The molecule has 0 amide bonds. The van der Waals surface area contributed by atoms with Crippen molar-refractivity contribution in [2.24, 2.45) is 0 Å². The van der Waals surface area contributed by atoms with E-state index in [2.05, 4.69) is 10.1 Å². The van der Waals surface area contributed by atoms with Crippen LogP contribution in [0.2, 0.25) is 0 Å². The molecule has 0 aromatic carbocycles. The Morgan fingerprint density at radius 2 is 2.38 bits per heavy atom. The molecule has 0 bridgehead atoms. The highest BCUT2D eigenvalue weighted by Gasteiger charge is 2.23. The zero-order valence-electron chi connectivity index (χ0n) is 8.55. The number of nitrogens with two attached hydrogens (primary N) is 1. The van der Waals surface area contributed by atoms with Crippen LogP contribution in [0, 0.1) is 0 Å². The molecule has 2 N–H and O–H groups in total. The topological polar surface area (TPSA) is 74.2 Å². The molecule has 1 fully saturated rings. The van der Waals surface area contributed by atoms with Crippen molar-refractivity contribution in [1.82, 2.24) is 10.1 Å². The molecule has 3 rings (SSSR count). The lowest BCUT2D eigenvalue weighted by Gasteiger charge is -1.97. The quantitative estimate of drug-likeness (QED) is 0.863. The lowest BCUT2D eigenvalue weighted by Crippen LogP contribution is -1.99. The highest BCUT2D eigenvalue weighted by molar-refractivity contribution is 7.19. The van der Waals surface area contributed by atoms with Gasteiger partial charge in [-0.2, -0.15) is 4.98 Å². The zero-order chi connectivity index (χ0) is 11.0. The minimum atomic E-state index is 0.273. The van der Waals surface area contributed by atoms with E-state index < -0.39 is 0 Å². The molecule has 84 valence electrons. The van der Waals surface area contributed by atoms with Crippen molar-refractivity contribution < 1.29 is 9.26 Å². The molecule has 3 heterocycles. The smallest absolute Gasteiger partial charge is 0.268 e. The number of hydrogen-bond donors (Lipinski definition) is 1. The second-order valence-corrected chi connectivity index (χ2v) is 4.84. The average Bonchev–Trinajstić information content (AvgIpc) is 2.97. The molecule has 16 heavy (non-hydrogen) atoms. The molecule has 5 nitrogen and oxygen atoms in total. The van der Waals surface area contributed by atoms with E-state index >= 15 is 0 Å². The van der Waals surface area contributed by atoms with Crippen LogP contribution in [0.4, 0.5) is 5.00 Å². The van der Waals surface area contributed by atoms with Crippen LogP contribution in [0.25, 0.3) is 10.8 Å². The molecule has 2 aromatic heterocycles. The molecule has 1 aliphatic heterocycles. The van der Waals surface area contributed by atoms with Crippen molar-refractivity contribution in [3.8, 4) is 10.8 Å². The summed E-state index contributed by atoms with van der Waals surface area (Å²) in [6, 6.07) is 3.73. The molecule has 1 saturated heterocycles. The van der Waals surface area contributed by atoms with Crippen LogP contribution >= 0.6 is 11.3 Å². The van der Waals surface area contributed by atoms with Gasteiger partial charge in [0.25, 0.3) is 5.89 Å². The Morgan fingerprint density at radius 3 is 3.06 bits per heavy atom. The lowest BCUT2D eigenvalue weighted by molar-refractivity contribution is 0.192. The maximum absolute atomic E-state index is 5.65.